The minimum Gasteiger partial charge on any atom is -0.381 e. The molecule has 1 aromatic carbocycles. The fraction of sp³-hybridized carbons (Fsp3) is 0.111. The highest BCUT2D eigenvalue weighted by molar-refractivity contribution is 5.79. The average molecular weight is 319 g/mol. The van der Waals surface area contributed by atoms with Gasteiger partial charge in [0.05, 0.1) is 11.4 Å². The molecule has 0 aliphatic carbocycles. The van der Waals surface area contributed by atoms with Crippen LogP contribution in [-0.4, -0.2) is 15.0 Å². The maximum absolute atomic E-state index is 13.2. The van der Waals surface area contributed by atoms with Gasteiger partial charge in [0.15, 0.2) is 11.5 Å². The van der Waals surface area contributed by atoms with E-state index in [9.17, 15) is 9.65 Å². The largest absolute Gasteiger partial charge is 0.381 e. The minimum atomic E-state index is -0.342. The molecule has 3 rings (SSSR count). The highest BCUT2D eigenvalue weighted by Gasteiger charge is 2.16. The molecule has 3 aromatic rings. The zero-order chi connectivity index (χ0) is 17.3. The number of nitrogens with two attached hydrogens (primary N) is 1. The zero-order valence-corrected chi connectivity index (χ0v) is 13.2. The van der Waals surface area contributed by atoms with E-state index in [0.717, 1.165) is 17.0 Å². The van der Waals surface area contributed by atoms with Gasteiger partial charge < -0.3 is 5.73 Å². The van der Waals surface area contributed by atoms with Crippen LogP contribution in [0.2, 0.25) is 0 Å². The molecule has 2 aromatic heterocycles. The van der Waals surface area contributed by atoms with Gasteiger partial charge in [-0.1, -0.05) is 0 Å². The predicted octanol–water partition coefficient (Wildman–Crippen LogP) is 3.42. The van der Waals surface area contributed by atoms with Crippen LogP contribution in [0.4, 0.5) is 10.2 Å². The summed E-state index contributed by atoms with van der Waals surface area (Å²) in [5.41, 5.74) is 9.99. The lowest BCUT2D eigenvalue weighted by molar-refractivity contribution is 0.628. The van der Waals surface area contributed by atoms with Crippen LogP contribution in [-0.2, 0) is 0 Å². The lowest BCUT2D eigenvalue weighted by Gasteiger charge is -2.11. The van der Waals surface area contributed by atoms with E-state index in [4.69, 9.17) is 5.73 Å². The summed E-state index contributed by atoms with van der Waals surface area (Å²) in [6.45, 7) is 3.76. The first kappa shape index (κ1) is 15.6. The van der Waals surface area contributed by atoms with Gasteiger partial charge in [-0.2, -0.15) is 5.26 Å². The zero-order valence-electron chi connectivity index (χ0n) is 13.2. The molecule has 0 aliphatic heterocycles. The minimum absolute atomic E-state index is 0.0445. The van der Waals surface area contributed by atoms with Crippen molar-refractivity contribution in [2.24, 2.45) is 0 Å². The molecule has 0 atom stereocenters. The maximum Gasteiger partial charge on any atom is 0.183 e. The first-order valence-electron chi connectivity index (χ1n) is 7.27. The summed E-state index contributed by atoms with van der Waals surface area (Å²) in [4.78, 5) is 13.0. The number of hydrogen-bond acceptors (Lipinski definition) is 5. The number of aryl methyl sites for hydroxylation is 2. The number of benzene rings is 1. The van der Waals surface area contributed by atoms with Crippen LogP contribution in [0, 0.1) is 31.0 Å². The van der Waals surface area contributed by atoms with Gasteiger partial charge in [0, 0.05) is 22.5 Å². The lowest BCUT2D eigenvalue weighted by atomic mass is 10.0. The number of pyridine rings is 1. The molecule has 2 N–H and O–H groups in total. The number of nitriles is 1. The van der Waals surface area contributed by atoms with E-state index in [0.29, 0.717) is 17.0 Å². The molecule has 0 aliphatic rings. The summed E-state index contributed by atoms with van der Waals surface area (Å²) in [5, 5.41) is 9.20. The van der Waals surface area contributed by atoms with Gasteiger partial charge >= 0.3 is 0 Å². The van der Waals surface area contributed by atoms with Crippen LogP contribution >= 0.6 is 0 Å². The second-order valence-corrected chi connectivity index (χ2v) is 5.41. The molecule has 5 nitrogen and oxygen atoms in total. The number of halogens is 1. The topological polar surface area (TPSA) is 88.5 Å². The molecule has 0 bridgehead atoms. The third-order valence-corrected chi connectivity index (χ3v) is 3.50. The van der Waals surface area contributed by atoms with Crippen LogP contribution in [0.5, 0.6) is 0 Å². The molecule has 0 saturated carbocycles. The summed E-state index contributed by atoms with van der Waals surface area (Å²) < 4.78 is 13.2. The molecule has 0 amide bonds. The average Bonchev–Trinajstić information content (AvgIpc) is 2.54. The van der Waals surface area contributed by atoms with Crippen LogP contribution in [0.15, 0.2) is 36.4 Å². The van der Waals surface area contributed by atoms with E-state index in [1.165, 1.54) is 12.1 Å². The predicted molar refractivity (Wildman–Crippen MR) is 89.3 cm³/mol. The van der Waals surface area contributed by atoms with E-state index < -0.39 is 0 Å². The van der Waals surface area contributed by atoms with Gasteiger partial charge in [-0.3, -0.25) is 4.98 Å². The van der Waals surface area contributed by atoms with Crippen molar-refractivity contribution in [1.29, 1.82) is 5.26 Å². The molecule has 0 radical (unpaired) electrons. The first-order valence-corrected chi connectivity index (χ1v) is 7.27. The van der Waals surface area contributed by atoms with E-state index in [2.05, 4.69) is 15.0 Å². The van der Waals surface area contributed by atoms with Gasteiger partial charge in [-0.15, -0.1) is 0 Å². The Hall–Kier alpha value is -3.33. The summed E-state index contributed by atoms with van der Waals surface area (Å²) in [6, 6.07) is 11.6. The van der Waals surface area contributed by atoms with Crippen molar-refractivity contribution in [3.05, 3.63) is 59.3 Å². The molecule has 0 unspecified atom stereocenters. The normalized spacial score (nSPS) is 10.4. The van der Waals surface area contributed by atoms with Gasteiger partial charge in [-0.05, 0) is 50.2 Å². The Labute approximate surface area is 138 Å². The van der Waals surface area contributed by atoms with Crippen molar-refractivity contribution in [3.63, 3.8) is 0 Å². The summed E-state index contributed by atoms with van der Waals surface area (Å²) in [6.07, 6.45) is 0. The maximum atomic E-state index is 13.2. The van der Waals surface area contributed by atoms with Gasteiger partial charge in [0.25, 0.3) is 0 Å². The van der Waals surface area contributed by atoms with Crippen molar-refractivity contribution in [3.8, 4) is 28.6 Å². The Bertz CT molecular complexity index is 938. The van der Waals surface area contributed by atoms with Crippen molar-refractivity contribution in [2.75, 3.05) is 5.73 Å². The first-order chi connectivity index (χ1) is 11.5. The smallest absolute Gasteiger partial charge is 0.183 e. The number of hydrogen-bond donors (Lipinski definition) is 1. The Morgan fingerprint density at radius 3 is 2.08 bits per heavy atom. The highest BCUT2D eigenvalue weighted by Crippen LogP contribution is 2.31. The SMILES string of the molecule is Cc1cc(-c2nc(C#N)c(N)nc2-c2ccc(F)cc2)cc(C)n1. The molecular weight excluding hydrogens is 305 g/mol. The molecule has 6 heteroatoms. The van der Waals surface area contributed by atoms with E-state index >= 15 is 0 Å². The standard InChI is InChI=1S/C18H14FN5/c1-10-7-13(8-11(2)22-10)17-16(12-3-5-14(19)6-4-12)24-18(21)15(9-20)23-17/h3-8H,1-2H3,(H2,21,24). The number of nitrogen functional groups attached to an aromatic ring is 1. The van der Waals surface area contributed by atoms with Crippen LogP contribution in [0.25, 0.3) is 22.5 Å². The molecule has 0 fully saturated rings. The van der Waals surface area contributed by atoms with Crippen molar-refractivity contribution in [2.45, 2.75) is 13.8 Å². The van der Waals surface area contributed by atoms with Crippen molar-refractivity contribution >= 4 is 5.82 Å². The monoisotopic (exact) mass is 319 g/mol. The summed E-state index contributed by atoms with van der Waals surface area (Å²) in [5.74, 6) is -0.298. The third-order valence-electron chi connectivity index (χ3n) is 3.50. The Morgan fingerprint density at radius 2 is 1.50 bits per heavy atom. The van der Waals surface area contributed by atoms with Gasteiger partial charge in [0.1, 0.15) is 11.9 Å². The van der Waals surface area contributed by atoms with E-state index in [-0.39, 0.29) is 17.3 Å². The van der Waals surface area contributed by atoms with Crippen molar-refractivity contribution < 1.29 is 4.39 Å². The number of nitrogens with zero attached hydrogens (tertiary/aromatic N) is 4. The number of aromatic nitrogens is 3. The fourth-order valence-corrected chi connectivity index (χ4v) is 2.51. The van der Waals surface area contributed by atoms with Crippen molar-refractivity contribution in [1.82, 2.24) is 15.0 Å². The van der Waals surface area contributed by atoms with Crippen LogP contribution < -0.4 is 5.73 Å². The second kappa shape index (κ2) is 6.05. The van der Waals surface area contributed by atoms with Gasteiger partial charge in [0.2, 0.25) is 0 Å². The quantitative estimate of drug-likeness (QED) is 0.782. The highest BCUT2D eigenvalue weighted by atomic mass is 19.1. The summed E-state index contributed by atoms with van der Waals surface area (Å²) in [7, 11) is 0. The molecule has 0 saturated heterocycles. The fourth-order valence-electron chi connectivity index (χ4n) is 2.51. The van der Waals surface area contributed by atoms with Crippen LogP contribution in [0.1, 0.15) is 17.1 Å². The second-order valence-electron chi connectivity index (χ2n) is 5.41. The number of anilines is 1. The molecule has 2 heterocycles. The Kier molecular flexibility index (Phi) is 3.92. The molecular formula is C18H14FN5. The lowest BCUT2D eigenvalue weighted by Crippen LogP contribution is -2.03. The van der Waals surface area contributed by atoms with E-state index in [1.807, 2.05) is 32.0 Å². The molecule has 0 spiro atoms. The summed E-state index contributed by atoms with van der Waals surface area (Å²) >= 11 is 0. The van der Waals surface area contributed by atoms with Gasteiger partial charge in [-0.25, -0.2) is 14.4 Å². The van der Waals surface area contributed by atoms with Crippen LogP contribution in [0.3, 0.4) is 0 Å². The molecule has 118 valence electrons. The Morgan fingerprint density at radius 1 is 0.917 bits per heavy atom. The Balaban J connectivity index is 2.30. The third kappa shape index (κ3) is 2.92. The van der Waals surface area contributed by atoms with E-state index in [1.54, 1.807) is 12.1 Å². The number of rotatable bonds is 2. The molecule has 24 heavy (non-hydrogen) atoms.